The Morgan fingerprint density at radius 1 is 1.33 bits per heavy atom. The molecule has 1 aromatic carbocycles. The molecule has 3 atom stereocenters. The molecule has 21 heavy (non-hydrogen) atoms. The second kappa shape index (κ2) is 7.66. The zero-order valence-corrected chi connectivity index (χ0v) is 13.5. The Bertz CT molecular complexity index is 450. The zero-order valence-electron chi connectivity index (χ0n) is 13.5. The maximum atomic E-state index is 5.99. The van der Waals surface area contributed by atoms with Gasteiger partial charge in [-0.25, -0.2) is 0 Å². The van der Waals surface area contributed by atoms with Crippen molar-refractivity contribution in [3.05, 3.63) is 23.8 Å². The number of benzene rings is 1. The predicted octanol–water partition coefficient (Wildman–Crippen LogP) is 3.17. The topological polar surface area (TPSA) is 39.7 Å². The molecule has 0 bridgehead atoms. The summed E-state index contributed by atoms with van der Waals surface area (Å²) in [4.78, 5) is 0. The molecule has 1 N–H and O–H groups in total. The van der Waals surface area contributed by atoms with Gasteiger partial charge in [-0.15, -0.1) is 0 Å². The predicted molar refractivity (Wildman–Crippen MR) is 84.1 cm³/mol. The molecule has 0 spiro atoms. The van der Waals surface area contributed by atoms with Gasteiger partial charge in [0, 0.05) is 12.2 Å². The van der Waals surface area contributed by atoms with Crippen LogP contribution in [-0.4, -0.2) is 33.5 Å². The van der Waals surface area contributed by atoms with Gasteiger partial charge in [-0.2, -0.15) is 0 Å². The van der Waals surface area contributed by atoms with Crippen molar-refractivity contribution in [2.24, 2.45) is 5.92 Å². The molecule has 1 saturated heterocycles. The highest BCUT2D eigenvalue weighted by Gasteiger charge is 2.34. The molecule has 1 heterocycles. The summed E-state index contributed by atoms with van der Waals surface area (Å²) in [6, 6.07) is 6.08. The van der Waals surface area contributed by atoms with Gasteiger partial charge in [-0.3, -0.25) is 0 Å². The van der Waals surface area contributed by atoms with Crippen molar-refractivity contribution >= 4 is 0 Å². The molecule has 0 radical (unpaired) electrons. The number of nitrogens with one attached hydrogen (secondary N) is 1. The van der Waals surface area contributed by atoms with E-state index in [0.717, 1.165) is 43.1 Å². The first-order chi connectivity index (χ1) is 10.2. The molecule has 1 aliphatic rings. The van der Waals surface area contributed by atoms with E-state index in [4.69, 9.17) is 14.2 Å². The second-order valence-corrected chi connectivity index (χ2v) is 5.64. The molecule has 1 fully saturated rings. The fraction of sp³-hybridized carbons (Fsp3) is 0.647. The van der Waals surface area contributed by atoms with Crippen LogP contribution < -0.4 is 14.8 Å². The summed E-state index contributed by atoms with van der Waals surface area (Å²) >= 11 is 0. The van der Waals surface area contributed by atoms with E-state index in [0.29, 0.717) is 5.92 Å². The molecule has 0 saturated carbocycles. The van der Waals surface area contributed by atoms with Gasteiger partial charge < -0.3 is 19.5 Å². The third-order valence-electron chi connectivity index (χ3n) is 4.16. The maximum Gasteiger partial charge on any atom is 0.124 e. The van der Waals surface area contributed by atoms with Crippen LogP contribution >= 0.6 is 0 Å². The van der Waals surface area contributed by atoms with Crippen LogP contribution in [0.15, 0.2) is 18.2 Å². The van der Waals surface area contributed by atoms with Gasteiger partial charge >= 0.3 is 0 Å². The number of hydrogen-bond donors (Lipinski definition) is 1. The maximum absolute atomic E-state index is 5.99. The number of rotatable bonds is 7. The molecule has 4 heteroatoms. The third kappa shape index (κ3) is 3.69. The van der Waals surface area contributed by atoms with Crippen LogP contribution in [-0.2, 0) is 4.74 Å². The van der Waals surface area contributed by atoms with Crippen LogP contribution in [0.2, 0.25) is 0 Å². The average Bonchev–Trinajstić information content (AvgIpc) is 2.93. The molecule has 1 aromatic rings. The van der Waals surface area contributed by atoms with Crippen molar-refractivity contribution in [2.45, 2.75) is 38.8 Å². The molecule has 118 valence electrons. The lowest BCUT2D eigenvalue weighted by Gasteiger charge is -2.29. The van der Waals surface area contributed by atoms with Crippen LogP contribution in [0, 0.1) is 5.92 Å². The average molecular weight is 293 g/mol. The standard InChI is InChI=1S/C17H27NO3/c1-5-9-18-16(17-12(2)8-10-21-17)14-11-13(19-3)6-7-15(14)20-4/h6-7,11-12,16-18H,5,8-10H2,1-4H3. The molecule has 0 aliphatic carbocycles. The van der Waals surface area contributed by atoms with E-state index in [2.05, 4.69) is 25.2 Å². The Balaban J connectivity index is 2.34. The van der Waals surface area contributed by atoms with Gasteiger partial charge in [0.15, 0.2) is 0 Å². The van der Waals surface area contributed by atoms with E-state index in [1.54, 1.807) is 14.2 Å². The molecule has 0 amide bonds. The van der Waals surface area contributed by atoms with E-state index in [9.17, 15) is 0 Å². The highest BCUT2D eigenvalue weighted by molar-refractivity contribution is 5.43. The second-order valence-electron chi connectivity index (χ2n) is 5.64. The minimum atomic E-state index is 0.132. The fourth-order valence-electron chi connectivity index (χ4n) is 2.93. The fourth-order valence-corrected chi connectivity index (χ4v) is 2.93. The van der Waals surface area contributed by atoms with Gasteiger partial charge in [-0.05, 0) is 43.5 Å². The molecular weight excluding hydrogens is 266 g/mol. The highest BCUT2D eigenvalue weighted by atomic mass is 16.5. The van der Waals surface area contributed by atoms with Crippen LogP contribution in [0.25, 0.3) is 0 Å². The minimum absolute atomic E-state index is 0.132. The molecule has 3 unspecified atom stereocenters. The Kier molecular flexibility index (Phi) is 5.88. The van der Waals surface area contributed by atoms with Crippen molar-refractivity contribution in [2.75, 3.05) is 27.4 Å². The largest absolute Gasteiger partial charge is 0.497 e. The normalized spacial score (nSPS) is 23.0. The Morgan fingerprint density at radius 2 is 2.14 bits per heavy atom. The van der Waals surface area contributed by atoms with Crippen molar-refractivity contribution < 1.29 is 14.2 Å². The quantitative estimate of drug-likeness (QED) is 0.838. The van der Waals surface area contributed by atoms with E-state index in [1.807, 2.05) is 12.1 Å². The summed E-state index contributed by atoms with van der Waals surface area (Å²) in [5.41, 5.74) is 1.11. The van der Waals surface area contributed by atoms with Crippen molar-refractivity contribution in [3.63, 3.8) is 0 Å². The Hall–Kier alpha value is -1.26. The van der Waals surface area contributed by atoms with Crippen LogP contribution in [0.1, 0.15) is 38.3 Å². The molecule has 2 rings (SSSR count). The van der Waals surface area contributed by atoms with Gasteiger partial charge in [0.1, 0.15) is 11.5 Å². The van der Waals surface area contributed by atoms with Gasteiger partial charge in [0.2, 0.25) is 0 Å². The third-order valence-corrected chi connectivity index (χ3v) is 4.16. The monoisotopic (exact) mass is 293 g/mol. The van der Waals surface area contributed by atoms with E-state index in [1.165, 1.54) is 0 Å². The minimum Gasteiger partial charge on any atom is -0.497 e. The van der Waals surface area contributed by atoms with Crippen molar-refractivity contribution in [1.82, 2.24) is 5.32 Å². The van der Waals surface area contributed by atoms with Crippen molar-refractivity contribution in [3.8, 4) is 11.5 Å². The lowest BCUT2D eigenvalue weighted by atomic mass is 9.91. The number of methoxy groups -OCH3 is 2. The Labute approximate surface area is 127 Å². The zero-order chi connectivity index (χ0) is 15.2. The summed E-state index contributed by atoms with van der Waals surface area (Å²) in [5, 5.41) is 3.62. The molecule has 0 aromatic heterocycles. The highest BCUT2D eigenvalue weighted by Crippen LogP contribution is 2.37. The summed E-state index contributed by atoms with van der Waals surface area (Å²) in [6.45, 7) is 6.22. The van der Waals surface area contributed by atoms with E-state index >= 15 is 0 Å². The van der Waals surface area contributed by atoms with E-state index < -0.39 is 0 Å². The smallest absolute Gasteiger partial charge is 0.124 e. The number of ether oxygens (including phenoxy) is 3. The van der Waals surface area contributed by atoms with Crippen molar-refractivity contribution in [1.29, 1.82) is 0 Å². The molecule has 4 nitrogen and oxygen atoms in total. The van der Waals surface area contributed by atoms with Crippen LogP contribution in [0.5, 0.6) is 11.5 Å². The molecular formula is C17H27NO3. The first kappa shape index (κ1) is 16.1. The SMILES string of the molecule is CCCNC(c1cc(OC)ccc1OC)C1OCCC1C. The lowest BCUT2D eigenvalue weighted by molar-refractivity contribution is 0.0599. The first-order valence-electron chi connectivity index (χ1n) is 7.78. The van der Waals surface area contributed by atoms with Crippen LogP contribution in [0.4, 0.5) is 0 Å². The van der Waals surface area contributed by atoms with Crippen LogP contribution in [0.3, 0.4) is 0 Å². The summed E-state index contributed by atoms with van der Waals surface area (Å²) < 4.78 is 16.9. The summed E-state index contributed by atoms with van der Waals surface area (Å²) in [7, 11) is 3.40. The van der Waals surface area contributed by atoms with Gasteiger partial charge in [-0.1, -0.05) is 13.8 Å². The summed E-state index contributed by atoms with van der Waals surface area (Å²) in [5.74, 6) is 2.27. The van der Waals surface area contributed by atoms with Gasteiger partial charge in [0.25, 0.3) is 0 Å². The van der Waals surface area contributed by atoms with Gasteiger partial charge in [0.05, 0.1) is 26.4 Å². The Morgan fingerprint density at radius 3 is 2.71 bits per heavy atom. The lowest BCUT2D eigenvalue weighted by Crippen LogP contribution is -2.35. The van der Waals surface area contributed by atoms with E-state index in [-0.39, 0.29) is 12.1 Å². The summed E-state index contributed by atoms with van der Waals surface area (Å²) in [6.07, 6.45) is 2.38. The number of hydrogen-bond acceptors (Lipinski definition) is 4. The molecule has 1 aliphatic heterocycles. The first-order valence-corrected chi connectivity index (χ1v) is 7.78.